The fraction of sp³-hybridized carbons (Fsp3) is 0.214. The lowest BCUT2D eigenvalue weighted by Gasteiger charge is -2.06. The Morgan fingerprint density at radius 3 is 2.61 bits per heavy atom. The van der Waals surface area contributed by atoms with E-state index in [4.69, 9.17) is 16.3 Å². The van der Waals surface area contributed by atoms with Gasteiger partial charge in [-0.05, 0) is 37.1 Å². The highest BCUT2D eigenvalue weighted by Crippen LogP contribution is 2.28. The molecule has 2 rings (SSSR count). The number of aromatic amines is 1. The summed E-state index contributed by atoms with van der Waals surface area (Å²) in [5.74, 6) is -0.337. The third-order valence-electron chi connectivity index (χ3n) is 2.69. The predicted octanol–water partition coefficient (Wildman–Crippen LogP) is 3.82. The number of rotatable bonds is 3. The molecule has 0 aliphatic heterocycles. The molecule has 94 valence electrons. The number of H-pyrrole nitrogens is 1. The molecule has 1 heterocycles. The van der Waals surface area contributed by atoms with Gasteiger partial charge < -0.3 is 9.72 Å². The molecule has 0 fully saturated rings. The Bertz CT molecular complexity index is 558. The average molecular weight is 264 g/mol. The molecule has 1 aromatic heterocycles. The average Bonchev–Trinajstić information content (AvgIpc) is 2.73. The van der Waals surface area contributed by atoms with Crippen LogP contribution in [0.2, 0.25) is 5.02 Å². The number of carbonyl (C=O) groups excluding carboxylic acids is 1. The lowest BCUT2D eigenvalue weighted by atomic mass is 10.0. The summed E-state index contributed by atoms with van der Waals surface area (Å²) in [5, 5.41) is 0.671. The Morgan fingerprint density at radius 2 is 2.00 bits per heavy atom. The zero-order chi connectivity index (χ0) is 13.1. The lowest BCUT2D eigenvalue weighted by molar-refractivity contribution is 0.0521. The van der Waals surface area contributed by atoms with E-state index < -0.39 is 0 Å². The number of aromatic nitrogens is 1. The summed E-state index contributed by atoms with van der Waals surface area (Å²) in [4.78, 5) is 14.8. The zero-order valence-electron chi connectivity index (χ0n) is 10.3. The number of aryl methyl sites for hydroxylation is 1. The Hall–Kier alpha value is -1.74. The molecular formula is C14H14ClNO2. The topological polar surface area (TPSA) is 42.1 Å². The largest absolute Gasteiger partial charge is 0.461 e. The van der Waals surface area contributed by atoms with Crippen molar-refractivity contribution in [3.05, 3.63) is 46.7 Å². The van der Waals surface area contributed by atoms with Crippen molar-refractivity contribution in [1.29, 1.82) is 0 Å². The SMILES string of the molecule is CCOC(=O)c1[nH]cc(C)c1-c1ccc(Cl)cc1. The fourth-order valence-corrected chi connectivity index (χ4v) is 2.00. The molecule has 0 amide bonds. The quantitative estimate of drug-likeness (QED) is 0.856. The number of carbonyl (C=O) groups is 1. The van der Waals surface area contributed by atoms with E-state index in [1.807, 2.05) is 19.1 Å². The monoisotopic (exact) mass is 263 g/mol. The van der Waals surface area contributed by atoms with Crippen LogP contribution in [-0.2, 0) is 4.74 Å². The number of esters is 1. The molecular weight excluding hydrogens is 250 g/mol. The molecule has 0 atom stereocenters. The summed E-state index contributed by atoms with van der Waals surface area (Å²) in [6.07, 6.45) is 1.80. The number of halogens is 1. The summed E-state index contributed by atoms with van der Waals surface area (Å²) >= 11 is 5.87. The van der Waals surface area contributed by atoms with Crippen molar-refractivity contribution in [3.8, 4) is 11.1 Å². The van der Waals surface area contributed by atoms with Crippen LogP contribution in [0.15, 0.2) is 30.5 Å². The molecule has 0 saturated carbocycles. The second kappa shape index (κ2) is 5.27. The minimum absolute atomic E-state index is 0.337. The first kappa shape index (κ1) is 12.7. The van der Waals surface area contributed by atoms with E-state index >= 15 is 0 Å². The van der Waals surface area contributed by atoms with E-state index in [0.717, 1.165) is 16.7 Å². The van der Waals surface area contributed by atoms with Crippen molar-refractivity contribution < 1.29 is 9.53 Å². The molecule has 1 N–H and O–H groups in total. The maximum absolute atomic E-state index is 11.8. The minimum atomic E-state index is -0.337. The Labute approximate surface area is 111 Å². The van der Waals surface area contributed by atoms with Gasteiger partial charge in [-0.1, -0.05) is 23.7 Å². The molecule has 0 bridgehead atoms. The molecule has 0 aliphatic carbocycles. The van der Waals surface area contributed by atoms with Crippen LogP contribution in [0.1, 0.15) is 23.0 Å². The molecule has 3 nitrogen and oxygen atoms in total. The van der Waals surface area contributed by atoms with E-state index in [9.17, 15) is 4.79 Å². The Morgan fingerprint density at radius 1 is 1.33 bits per heavy atom. The fourth-order valence-electron chi connectivity index (χ4n) is 1.87. The second-order valence-electron chi connectivity index (χ2n) is 3.95. The standard InChI is InChI=1S/C14H14ClNO2/c1-3-18-14(17)13-12(9(2)8-16-13)10-4-6-11(15)7-5-10/h4-8,16H,3H2,1-2H3. The molecule has 4 heteroatoms. The van der Waals surface area contributed by atoms with Gasteiger partial charge in [0, 0.05) is 16.8 Å². The normalized spacial score (nSPS) is 10.4. The van der Waals surface area contributed by atoms with Gasteiger partial charge in [0.05, 0.1) is 6.61 Å². The van der Waals surface area contributed by atoms with Crippen molar-refractivity contribution >= 4 is 17.6 Å². The summed E-state index contributed by atoms with van der Waals surface area (Å²) in [6, 6.07) is 7.39. The van der Waals surface area contributed by atoms with Crippen LogP contribution in [-0.4, -0.2) is 17.6 Å². The van der Waals surface area contributed by atoms with Crippen molar-refractivity contribution in [2.75, 3.05) is 6.61 Å². The van der Waals surface area contributed by atoms with Crippen LogP contribution in [0.25, 0.3) is 11.1 Å². The molecule has 0 unspecified atom stereocenters. The number of hydrogen-bond donors (Lipinski definition) is 1. The summed E-state index contributed by atoms with van der Waals surface area (Å²) < 4.78 is 5.03. The van der Waals surface area contributed by atoms with Crippen LogP contribution in [0, 0.1) is 6.92 Å². The third kappa shape index (κ3) is 2.41. The third-order valence-corrected chi connectivity index (χ3v) is 2.94. The number of nitrogens with one attached hydrogen (secondary N) is 1. The maximum Gasteiger partial charge on any atom is 0.355 e. The lowest BCUT2D eigenvalue weighted by Crippen LogP contribution is -2.06. The van der Waals surface area contributed by atoms with Crippen molar-refractivity contribution in [3.63, 3.8) is 0 Å². The van der Waals surface area contributed by atoms with Gasteiger partial charge in [0.2, 0.25) is 0 Å². The molecule has 18 heavy (non-hydrogen) atoms. The van der Waals surface area contributed by atoms with E-state index in [2.05, 4.69) is 4.98 Å². The first-order valence-electron chi connectivity index (χ1n) is 5.74. The van der Waals surface area contributed by atoms with Gasteiger partial charge in [0.1, 0.15) is 5.69 Å². The van der Waals surface area contributed by atoms with Gasteiger partial charge in [-0.25, -0.2) is 4.79 Å². The van der Waals surface area contributed by atoms with E-state index in [-0.39, 0.29) is 5.97 Å². The smallest absolute Gasteiger partial charge is 0.355 e. The van der Waals surface area contributed by atoms with Crippen LogP contribution in [0.4, 0.5) is 0 Å². The first-order chi connectivity index (χ1) is 8.63. The zero-order valence-corrected chi connectivity index (χ0v) is 11.0. The Balaban J connectivity index is 2.46. The summed E-state index contributed by atoms with van der Waals surface area (Å²) in [6.45, 7) is 4.09. The molecule has 0 spiro atoms. The first-order valence-corrected chi connectivity index (χ1v) is 6.12. The van der Waals surface area contributed by atoms with E-state index in [0.29, 0.717) is 17.3 Å². The number of hydrogen-bond acceptors (Lipinski definition) is 2. The molecule has 2 aromatic rings. The maximum atomic E-state index is 11.8. The highest BCUT2D eigenvalue weighted by molar-refractivity contribution is 6.30. The minimum Gasteiger partial charge on any atom is -0.461 e. The second-order valence-corrected chi connectivity index (χ2v) is 4.39. The summed E-state index contributed by atoms with van der Waals surface area (Å²) in [7, 11) is 0. The molecule has 0 aliphatic rings. The van der Waals surface area contributed by atoms with Gasteiger partial charge in [0.25, 0.3) is 0 Å². The molecule has 0 saturated heterocycles. The van der Waals surface area contributed by atoms with Crippen LogP contribution < -0.4 is 0 Å². The van der Waals surface area contributed by atoms with E-state index in [1.54, 1.807) is 25.3 Å². The van der Waals surface area contributed by atoms with Crippen molar-refractivity contribution in [2.24, 2.45) is 0 Å². The van der Waals surface area contributed by atoms with Gasteiger partial charge in [-0.2, -0.15) is 0 Å². The van der Waals surface area contributed by atoms with Gasteiger partial charge >= 0.3 is 5.97 Å². The van der Waals surface area contributed by atoms with Crippen LogP contribution in [0.5, 0.6) is 0 Å². The number of ether oxygens (including phenoxy) is 1. The highest BCUT2D eigenvalue weighted by Gasteiger charge is 2.17. The Kier molecular flexibility index (Phi) is 3.72. The van der Waals surface area contributed by atoms with Crippen molar-refractivity contribution in [2.45, 2.75) is 13.8 Å². The highest BCUT2D eigenvalue weighted by atomic mass is 35.5. The molecule has 1 aromatic carbocycles. The van der Waals surface area contributed by atoms with E-state index in [1.165, 1.54) is 0 Å². The van der Waals surface area contributed by atoms with Gasteiger partial charge in [0.15, 0.2) is 0 Å². The van der Waals surface area contributed by atoms with Crippen molar-refractivity contribution in [1.82, 2.24) is 4.98 Å². The molecule has 0 radical (unpaired) electrons. The summed E-state index contributed by atoms with van der Waals surface area (Å²) in [5.41, 5.74) is 3.29. The number of benzene rings is 1. The van der Waals surface area contributed by atoms with Gasteiger partial charge in [-0.15, -0.1) is 0 Å². The van der Waals surface area contributed by atoms with Crippen LogP contribution in [0.3, 0.4) is 0 Å². The van der Waals surface area contributed by atoms with Gasteiger partial charge in [-0.3, -0.25) is 0 Å². The predicted molar refractivity (Wildman–Crippen MR) is 71.9 cm³/mol. The van der Waals surface area contributed by atoms with Crippen LogP contribution >= 0.6 is 11.6 Å².